The van der Waals surface area contributed by atoms with Gasteiger partial charge in [-0.3, -0.25) is 0 Å². The number of carbonyl (C=O) groups is 1. The van der Waals surface area contributed by atoms with Crippen LogP contribution in [0.25, 0.3) is 0 Å². The van der Waals surface area contributed by atoms with Crippen LogP contribution in [0, 0.1) is 18.3 Å². The summed E-state index contributed by atoms with van der Waals surface area (Å²) in [6.45, 7) is 1.84. The molecule has 0 fully saturated rings. The Morgan fingerprint density at radius 1 is 1.32 bits per heavy atom. The lowest BCUT2D eigenvalue weighted by Crippen LogP contribution is -2.04. The van der Waals surface area contributed by atoms with Crippen LogP contribution in [0.5, 0.6) is 0 Å². The van der Waals surface area contributed by atoms with Crippen LogP contribution in [0.3, 0.4) is 0 Å². The molecule has 1 aromatic heterocycles. The molecule has 2 rings (SSSR count). The van der Waals surface area contributed by atoms with Gasteiger partial charge in [0.05, 0.1) is 11.3 Å². The van der Waals surface area contributed by atoms with E-state index in [1.54, 1.807) is 6.07 Å². The number of aromatic carboxylic acids is 1. The Kier molecular flexibility index (Phi) is 3.39. The first-order valence-electron chi connectivity index (χ1n) is 5.45. The molecule has 0 saturated heterocycles. The summed E-state index contributed by atoms with van der Waals surface area (Å²) < 4.78 is 0. The Morgan fingerprint density at radius 2 is 2.11 bits per heavy atom. The lowest BCUT2D eigenvalue weighted by Gasteiger charge is -2.08. The molecule has 19 heavy (non-hydrogen) atoms. The number of hydrogen-bond donors (Lipinski definition) is 2. The lowest BCUT2D eigenvalue weighted by atomic mass is 10.1. The number of nitriles is 1. The second kappa shape index (κ2) is 5.14. The molecule has 2 N–H and O–H groups in total. The normalized spacial score (nSPS) is 9.68. The summed E-state index contributed by atoms with van der Waals surface area (Å²) in [6.07, 6.45) is 0. The van der Waals surface area contributed by atoms with Crippen LogP contribution in [-0.2, 0) is 0 Å². The zero-order valence-corrected chi connectivity index (χ0v) is 10.1. The average molecular weight is 254 g/mol. The van der Waals surface area contributed by atoms with Crippen LogP contribution >= 0.6 is 0 Å². The van der Waals surface area contributed by atoms with E-state index in [1.165, 1.54) is 12.1 Å². The summed E-state index contributed by atoms with van der Waals surface area (Å²) in [6, 6.07) is 10.4. The Morgan fingerprint density at radius 3 is 2.68 bits per heavy atom. The molecule has 0 aliphatic carbocycles. The second-order valence-electron chi connectivity index (χ2n) is 3.84. The SMILES string of the molecule is Cc1cccc(Nc2ccc(C(=O)O)nn2)c1C#N. The van der Waals surface area contributed by atoms with Crippen molar-refractivity contribution < 1.29 is 9.90 Å². The van der Waals surface area contributed by atoms with Gasteiger partial charge in [-0.05, 0) is 30.7 Å². The van der Waals surface area contributed by atoms with Crippen molar-refractivity contribution in [3.05, 3.63) is 47.2 Å². The van der Waals surface area contributed by atoms with E-state index in [2.05, 4.69) is 21.6 Å². The van der Waals surface area contributed by atoms with Crippen molar-refractivity contribution in [2.75, 3.05) is 5.32 Å². The van der Waals surface area contributed by atoms with Gasteiger partial charge < -0.3 is 10.4 Å². The zero-order chi connectivity index (χ0) is 13.8. The van der Waals surface area contributed by atoms with E-state index < -0.39 is 5.97 Å². The van der Waals surface area contributed by atoms with Crippen LogP contribution in [0.4, 0.5) is 11.5 Å². The minimum Gasteiger partial charge on any atom is -0.476 e. The molecule has 2 aromatic rings. The van der Waals surface area contributed by atoms with Gasteiger partial charge >= 0.3 is 5.97 Å². The first kappa shape index (κ1) is 12.5. The number of anilines is 2. The summed E-state index contributed by atoms with van der Waals surface area (Å²) in [5.41, 5.74) is 1.85. The van der Waals surface area contributed by atoms with Gasteiger partial charge in [0.1, 0.15) is 6.07 Å². The summed E-state index contributed by atoms with van der Waals surface area (Å²) in [4.78, 5) is 10.6. The molecule has 94 valence electrons. The highest BCUT2D eigenvalue weighted by Gasteiger charge is 2.08. The highest BCUT2D eigenvalue weighted by atomic mass is 16.4. The average Bonchev–Trinajstić information content (AvgIpc) is 2.39. The molecule has 0 unspecified atom stereocenters. The molecule has 1 aromatic carbocycles. The Hall–Kier alpha value is -2.94. The third-order valence-corrected chi connectivity index (χ3v) is 2.53. The van der Waals surface area contributed by atoms with Gasteiger partial charge in [0.2, 0.25) is 0 Å². The number of carboxylic acids is 1. The third kappa shape index (κ3) is 2.66. The highest BCUT2D eigenvalue weighted by Crippen LogP contribution is 2.21. The largest absolute Gasteiger partial charge is 0.476 e. The predicted molar refractivity (Wildman–Crippen MR) is 68.2 cm³/mol. The maximum Gasteiger partial charge on any atom is 0.356 e. The minimum absolute atomic E-state index is 0.129. The van der Waals surface area contributed by atoms with E-state index in [0.29, 0.717) is 17.1 Å². The first-order valence-corrected chi connectivity index (χ1v) is 5.45. The van der Waals surface area contributed by atoms with Gasteiger partial charge in [-0.25, -0.2) is 4.79 Å². The number of rotatable bonds is 3. The summed E-state index contributed by atoms with van der Waals surface area (Å²) in [5, 5.41) is 28.1. The molecule has 0 atom stereocenters. The van der Waals surface area contributed by atoms with E-state index in [4.69, 9.17) is 10.4 Å². The topological polar surface area (TPSA) is 98.9 Å². The molecule has 0 saturated carbocycles. The minimum atomic E-state index is -1.13. The van der Waals surface area contributed by atoms with E-state index in [9.17, 15) is 4.79 Å². The van der Waals surface area contributed by atoms with Gasteiger partial charge in [-0.1, -0.05) is 12.1 Å². The van der Waals surface area contributed by atoms with Crippen molar-refractivity contribution in [1.29, 1.82) is 5.26 Å². The quantitative estimate of drug-likeness (QED) is 0.870. The fraction of sp³-hybridized carbons (Fsp3) is 0.0769. The molecule has 0 bridgehead atoms. The summed E-state index contributed by atoms with van der Waals surface area (Å²) in [5.74, 6) is -0.751. The van der Waals surface area contributed by atoms with Crippen molar-refractivity contribution in [2.45, 2.75) is 6.92 Å². The molecular weight excluding hydrogens is 244 g/mol. The molecule has 0 amide bonds. The number of aromatic nitrogens is 2. The first-order chi connectivity index (χ1) is 9.11. The van der Waals surface area contributed by atoms with Crippen molar-refractivity contribution in [3.63, 3.8) is 0 Å². The van der Waals surface area contributed by atoms with Gasteiger partial charge in [-0.15, -0.1) is 10.2 Å². The number of carboxylic acid groups (broad SMARTS) is 1. The fourth-order valence-corrected chi connectivity index (χ4v) is 1.57. The van der Waals surface area contributed by atoms with E-state index in [0.717, 1.165) is 5.56 Å². The molecular formula is C13H10N4O2. The standard InChI is InChI=1S/C13H10N4O2/c1-8-3-2-4-10(9(8)7-14)15-12-6-5-11(13(18)19)16-17-12/h2-6H,1H3,(H,15,17)(H,18,19). The van der Waals surface area contributed by atoms with Crippen LogP contribution in [0.1, 0.15) is 21.6 Å². The summed E-state index contributed by atoms with van der Waals surface area (Å²) in [7, 11) is 0. The predicted octanol–water partition coefficient (Wildman–Crippen LogP) is 2.10. The molecule has 6 heteroatoms. The van der Waals surface area contributed by atoms with Crippen molar-refractivity contribution in [3.8, 4) is 6.07 Å². The van der Waals surface area contributed by atoms with Crippen LogP contribution in [0.2, 0.25) is 0 Å². The molecule has 1 heterocycles. The van der Waals surface area contributed by atoms with Gasteiger partial charge in [0.15, 0.2) is 11.5 Å². The molecule has 0 radical (unpaired) electrons. The van der Waals surface area contributed by atoms with E-state index in [1.807, 2.05) is 19.1 Å². The molecule has 0 spiro atoms. The van der Waals surface area contributed by atoms with E-state index >= 15 is 0 Å². The summed E-state index contributed by atoms with van der Waals surface area (Å²) >= 11 is 0. The lowest BCUT2D eigenvalue weighted by molar-refractivity contribution is 0.0689. The Balaban J connectivity index is 2.29. The number of hydrogen-bond acceptors (Lipinski definition) is 5. The van der Waals surface area contributed by atoms with Crippen molar-refractivity contribution >= 4 is 17.5 Å². The van der Waals surface area contributed by atoms with Crippen molar-refractivity contribution in [1.82, 2.24) is 10.2 Å². The van der Waals surface area contributed by atoms with Gasteiger partial charge in [0.25, 0.3) is 0 Å². The molecule has 0 aliphatic heterocycles. The van der Waals surface area contributed by atoms with Crippen LogP contribution in [0.15, 0.2) is 30.3 Å². The smallest absolute Gasteiger partial charge is 0.356 e. The van der Waals surface area contributed by atoms with Gasteiger partial charge in [-0.2, -0.15) is 5.26 Å². The Labute approximate surface area is 109 Å². The highest BCUT2D eigenvalue weighted by molar-refractivity contribution is 5.85. The fourth-order valence-electron chi connectivity index (χ4n) is 1.57. The second-order valence-corrected chi connectivity index (χ2v) is 3.84. The Bertz CT molecular complexity index is 659. The number of nitrogens with zero attached hydrogens (tertiary/aromatic N) is 3. The van der Waals surface area contributed by atoms with Gasteiger partial charge in [0, 0.05) is 0 Å². The zero-order valence-electron chi connectivity index (χ0n) is 10.1. The third-order valence-electron chi connectivity index (χ3n) is 2.53. The number of benzene rings is 1. The number of nitrogens with one attached hydrogen (secondary N) is 1. The molecule has 6 nitrogen and oxygen atoms in total. The maximum atomic E-state index is 10.6. The van der Waals surface area contributed by atoms with E-state index in [-0.39, 0.29) is 5.69 Å². The number of aryl methyl sites for hydroxylation is 1. The van der Waals surface area contributed by atoms with Crippen LogP contribution in [-0.4, -0.2) is 21.3 Å². The van der Waals surface area contributed by atoms with Crippen molar-refractivity contribution in [2.24, 2.45) is 0 Å². The maximum absolute atomic E-state index is 10.6. The monoisotopic (exact) mass is 254 g/mol. The van der Waals surface area contributed by atoms with Crippen LogP contribution < -0.4 is 5.32 Å². The molecule has 0 aliphatic rings.